The molecule has 0 amide bonds. The Labute approximate surface area is 138 Å². The van der Waals surface area contributed by atoms with Crippen LogP contribution in [0.5, 0.6) is 0 Å². The highest BCUT2D eigenvalue weighted by molar-refractivity contribution is 5.75. The summed E-state index contributed by atoms with van der Waals surface area (Å²) in [6.45, 7) is 3.03. The topological polar surface area (TPSA) is 49.8 Å². The summed E-state index contributed by atoms with van der Waals surface area (Å²) in [5.41, 5.74) is 0.561. The van der Waals surface area contributed by atoms with Crippen LogP contribution in [0.1, 0.15) is 31.2 Å². The van der Waals surface area contributed by atoms with E-state index in [1.54, 1.807) is 7.11 Å². The predicted octanol–water partition coefficient (Wildman–Crippen LogP) is 3.29. The second kappa shape index (κ2) is 8.85. The van der Waals surface area contributed by atoms with Crippen molar-refractivity contribution in [2.24, 2.45) is 5.41 Å². The van der Waals surface area contributed by atoms with Crippen LogP contribution < -0.4 is 0 Å². The summed E-state index contributed by atoms with van der Waals surface area (Å²) >= 11 is 0. The lowest BCUT2D eigenvalue weighted by Crippen LogP contribution is -2.48. The molecule has 4 nitrogen and oxygen atoms in total. The summed E-state index contributed by atoms with van der Waals surface area (Å²) in [5.74, 6) is -0.662. The highest BCUT2D eigenvalue weighted by atomic mass is 16.5. The number of rotatable bonds is 8. The zero-order valence-electron chi connectivity index (χ0n) is 13.9. The number of hydrogen-bond acceptors (Lipinski definition) is 3. The summed E-state index contributed by atoms with van der Waals surface area (Å²) in [4.78, 5) is 14.1. The van der Waals surface area contributed by atoms with Crippen LogP contribution in [0.3, 0.4) is 0 Å². The van der Waals surface area contributed by atoms with Crippen LogP contribution in [0.2, 0.25) is 0 Å². The van der Waals surface area contributed by atoms with Gasteiger partial charge in [-0.15, -0.1) is 0 Å². The average Bonchev–Trinajstić information content (AvgIpc) is 2.56. The van der Waals surface area contributed by atoms with E-state index in [1.807, 2.05) is 18.2 Å². The molecular formula is C19H27NO3. The lowest BCUT2D eigenvalue weighted by molar-refractivity contribution is -0.153. The Balaban J connectivity index is 1.92. The Morgan fingerprint density at radius 1 is 1.39 bits per heavy atom. The molecule has 0 bridgehead atoms. The maximum Gasteiger partial charge on any atom is 0.310 e. The summed E-state index contributed by atoms with van der Waals surface area (Å²) < 4.78 is 5.08. The Hall–Kier alpha value is -1.65. The van der Waals surface area contributed by atoms with Gasteiger partial charge in [-0.05, 0) is 37.8 Å². The molecule has 1 heterocycles. The molecule has 1 aromatic carbocycles. The van der Waals surface area contributed by atoms with E-state index in [2.05, 4.69) is 29.2 Å². The Bertz CT molecular complexity index is 515. The SMILES string of the molecule is COCCC[C@@]1(C(=O)O)CCCN(C/C=C/c2ccccc2)C1. The molecular weight excluding hydrogens is 290 g/mol. The number of benzene rings is 1. The minimum atomic E-state index is -0.662. The zero-order valence-corrected chi connectivity index (χ0v) is 13.9. The fraction of sp³-hybridized carbons (Fsp3) is 0.526. The number of carboxylic acids is 1. The molecule has 126 valence electrons. The van der Waals surface area contributed by atoms with Crippen LogP contribution in [0.25, 0.3) is 6.08 Å². The van der Waals surface area contributed by atoms with Crippen molar-refractivity contribution < 1.29 is 14.6 Å². The fourth-order valence-electron chi connectivity index (χ4n) is 3.33. The third-order valence-electron chi connectivity index (χ3n) is 4.59. The van der Waals surface area contributed by atoms with Crippen LogP contribution >= 0.6 is 0 Å². The van der Waals surface area contributed by atoms with Gasteiger partial charge in [0.1, 0.15) is 0 Å². The van der Waals surface area contributed by atoms with Crippen LogP contribution in [-0.4, -0.2) is 49.3 Å². The van der Waals surface area contributed by atoms with Gasteiger partial charge in [-0.1, -0.05) is 42.5 Å². The number of carbonyl (C=O) groups is 1. The van der Waals surface area contributed by atoms with Gasteiger partial charge in [-0.3, -0.25) is 9.69 Å². The highest BCUT2D eigenvalue weighted by Crippen LogP contribution is 2.35. The quantitative estimate of drug-likeness (QED) is 0.748. The highest BCUT2D eigenvalue weighted by Gasteiger charge is 2.41. The molecule has 2 rings (SSSR count). The first-order chi connectivity index (χ1) is 11.2. The van der Waals surface area contributed by atoms with E-state index in [0.29, 0.717) is 19.6 Å². The van der Waals surface area contributed by atoms with Crippen LogP contribution in [0.15, 0.2) is 36.4 Å². The maximum atomic E-state index is 11.8. The number of aliphatic carboxylic acids is 1. The molecule has 1 fully saturated rings. The van der Waals surface area contributed by atoms with Gasteiger partial charge in [0.25, 0.3) is 0 Å². The average molecular weight is 317 g/mol. The Morgan fingerprint density at radius 3 is 2.87 bits per heavy atom. The van der Waals surface area contributed by atoms with Gasteiger partial charge in [0.15, 0.2) is 0 Å². The van der Waals surface area contributed by atoms with E-state index in [4.69, 9.17) is 4.74 Å². The van der Waals surface area contributed by atoms with E-state index in [-0.39, 0.29) is 0 Å². The minimum absolute atomic E-state index is 0.614. The van der Waals surface area contributed by atoms with Crippen molar-refractivity contribution in [2.75, 3.05) is 33.4 Å². The molecule has 0 radical (unpaired) electrons. The van der Waals surface area contributed by atoms with E-state index in [1.165, 1.54) is 5.56 Å². The molecule has 0 saturated carbocycles. The summed E-state index contributed by atoms with van der Waals surface area (Å²) in [6.07, 6.45) is 7.43. The molecule has 4 heteroatoms. The van der Waals surface area contributed by atoms with Crippen molar-refractivity contribution in [3.63, 3.8) is 0 Å². The number of ether oxygens (including phenoxy) is 1. The predicted molar refractivity (Wildman–Crippen MR) is 92.3 cm³/mol. The first-order valence-electron chi connectivity index (χ1n) is 8.32. The molecule has 1 aliphatic heterocycles. The van der Waals surface area contributed by atoms with Crippen LogP contribution in [0.4, 0.5) is 0 Å². The number of methoxy groups -OCH3 is 1. The van der Waals surface area contributed by atoms with Crippen LogP contribution in [-0.2, 0) is 9.53 Å². The molecule has 1 atom stereocenters. The maximum absolute atomic E-state index is 11.8. The normalized spacial score (nSPS) is 22.5. The lowest BCUT2D eigenvalue weighted by Gasteiger charge is -2.39. The molecule has 0 aliphatic carbocycles. The molecule has 0 unspecified atom stereocenters. The van der Waals surface area contributed by atoms with Gasteiger partial charge in [0, 0.05) is 26.8 Å². The van der Waals surface area contributed by atoms with Gasteiger partial charge in [0.05, 0.1) is 5.41 Å². The van der Waals surface area contributed by atoms with E-state index >= 15 is 0 Å². The van der Waals surface area contributed by atoms with Gasteiger partial charge in [0.2, 0.25) is 0 Å². The number of hydrogen-bond donors (Lipinski definition) is 1. The fourth-order valence-corrected chi connectivity index (χ4v) is 3.33. The molecule has 23 heavy (non-hydrogen) atoms. The molecule has 0 spiro atoms. The molecule has 0 aromatic heterocycles. The van der Waals surface area contributed by atoms with E-state index in [0.717, 1.165) is 32.4 Å². The molecule has 1 saturated heterocycles. The van der Waals surface area contributed by atoms with Crippen molar-refractivity contribution in [3.8, 4) is 0 Å². The van der Waals surface area contributed by atoms with Crippen molar-refractivity contribution in [1.29, 1.82) is 0 Å². The van der Waals surface area contributed by atoms with Crippen molar-refractivity contribution in [3.05, 3.63) is 42.0 Å². The second-order valence-corrected chi connectivity index (χ2v) is 6.33. The third-order valence-corrected chi connectivity index (χ3v) is 4.59. The number of carboxylic acid groups (broad SMARTS) is 1. The summed E-state index contributed by atoms with van der Waals surface area (Å²) in [6, 6.07) is 10.2. The minimum Gasteiger partial charge on any atom is -0.481 e. The summed E-state index contributed by atoms with van der Waals surface area (Å²) in [5, 5.41) is 9.72. The summed E-state index contributed by atoms with van der Waals surface area (Å²) in [7, 11) is 1.66. The molecule has 1 aromatic rings. The van der Waals surface area contributed by atoms with Gasteiger partial charge >= 0.3 is 5.97 Å². The van der Waals surface area contributed by atoms with E-state index < -0.39 is 11.4 Å². The van der Waals surface area contributed by atoms with Crippen molar-refractivity contribution in [2.45, 2.75) is 25.7 Å². The second-order valence-electron chi connectivity index (χ2n) is 6.33. The Kier molecular flexibility index (Phi) is 6.81. The van der Waals surface area contributed by atoms with Crippen LogP contribution in [0, 0.1) is 5.41 Å². The Morgan fingerprint density at radius 2 is 2.17 bits per heavy atom. The first-order valence-corrected chi connectivity index (χ1v) is 8.32. The van der Waals surface area contributed by atoms with E-state index in [9.17, 15) is 9.90 Å². The largest absolute Gasteiger partial charge is 0.481 e. The van der Waals surface area contributed by atoms with Gasteiger partial charge in [-0.2, -0.15) is 0 Å². The monoisotopic (exact) mass is 317 g/mol. The van der Waals surface area contributed by atoms with Crippen molar-refractivity contribution in [1.82, 2.24) is 4.90 Å². The zero-order chi connectivity index (χ0) is 16.5. The van der Waals surface area contributed by atoms with Crippen molar-refractivity contribution >= 4 is 12.0 Å². The molecule has 1 N–H and O–H groups in total. The van der Waals surface area contributed by atoms with Gasteiger partial charge in [-0.25, -0.2) is 0 Å². The molecule has 1 aliphatic rings. The standard InChI is InChI=1S/C19H27NO3/c1-23-15-7-12-19(18(21)22)11-6-14-20(16-19)13-5-10-17-8-3-2-4-9-17/h2-5,8-10H,6-7,11-16H2,1H3,(H,21,22)/b10-5+/t19-/m0/s1. The first kappa shape index (κ1) is 17.7. The third kappa shape index (κ3) is 5.19. The van der Waals surface area contributed by atoms with Gasteiger partial charge < -0.3 is 9.84 Å². The number of piperidine rings is 1. The number of nitrogens with zero attached hydrogens (tertiary/aromatic N) is 1. The smallest absolute Gasteiger partial charge is 0.310 e. The lowest BCUT2D eigenvalue weighted by atomic mass is 9.76. The number of likely N-dealkylation sites (tertiary alicyclic amines) is 1.